The van der Waals surface area contributed by atoms with E-state index in [0.29, 0.717) is 19.3 Å². The molecule has 1 N–H and O–H groups in total. The van der Waals surface area contributed by atoms with E-state index in [1.54, 1.807) is 6.92 Å². The van der Waals surface area contributed by atoms with Crippen LogP contribution in [0.15, 0.2) is 0 Å². The molecule has 0 rings (SSSR count). The normalized spacial score (nSPS) is 13.6. The minimum atomic E-state index is -0.847. The van der Waals surface area contributed by atoms with Crippen molar-refractivity contribution in [1.82, 2.24) is 0 Å². The highest BCUT2D eigenvalue weighted by Gasteiger charge is 2.19. The number of unbranched alkanes of at least 4 members (excludes halogenated alkanes) is 1. The zero-order valence-electron chi connectivity index (χ0n) is 11.7. The van der Waals surface area contributed by atoms with Gasteiger partial charge in [-0.1, -0.05) is 6.42 Å². The number of esters is 1. The van der Waals surface area contributed by atoms with E-state index >= 15 is 0 Å². The maximum absolute atomic E-state index is 11.4. The second-order valence-electron chi connectivity index (χ2n) is 4.46. The van der Waals surface area contributed by atoms with Crippen LogP contribution in [0.5, 0.6) is 0 Å². The van der Waals surface area contributed by atoms with Crippen molar-refractivity contribution in [3.8, 4) is 0 Å². The Balaban J connectivity index is 4.02. The van der Waals surface area contributed by atoms with Crippen LogP contribution >= 0.6 is 0 Å². The minimum Gasteiger partial charge on any atom is -0.481 e. The van der Waals surface area contributed by atoms with Gasteiger partial charge in [0.2, 0.25) is 0 Å². The average molecular weight is 274 g/mol. The molecule has 6 nitrogen and oxygen atoms in total. The van der Waals surface area contributed by atoms with E-state index in [0.717, 1.165) is 0 Å². The summed E-state index contributed by atoms with van der Waals surface area (Å²) in [5.74, 6) is -1.78. The number of ether oxygens (including phenoxy) is 2. The molecule has 0 aliphatic carbocycles. The summed E-state index contributed by atoms with van der Waals surface area (Å²) < 4.78 is 9.80. The van der Waals surface area contributed by atoms with Gasteiger partial charge >= 0.3 is 11.9 Å². The molecule has 6 heteroatoms. The van der Waals surface area contributed by atoms with Crippen molar-refractivity contribution in [2.45, 2.75) is 45.6 Å². The number of carbonyl (C=O) groups is 3. The Kier molecular flexibility index (Phi) is 8.78. The van der Waals surface area contributed by atoms with E-state index in [-0.39, 0.29) is 24.7 Å². The van der Waals surface area contributed by atoms with Crippen molar-refractivity contribution < 1.29 is 29.0 Å². The first kappa shape index (κ1) is 17.6. The molecule has 0 heterocycles. The molecule has 110 valence electrons. The average Bonchev–Trinajstić information content (AvgIpc) is 2.35. The van der Waals surface area contributed by atoms with Crippen LogP contribution in [-0.4, -0.2) is 42.6 Å². The van der Waals surface area contributed by atoms with Crippen LogP contribution in [-0.2, 0) is 23.9 Å². The summed E-state index contributed by atoms with van der Waals surface area (Å²) in [5.41, 5.74) is 0. The van der Waals surface area contributed by atoms with Crippen molar-refractivity contribution in [3.05, 3.63) is 0 Å². The highest BCUT2D eigenvalue weighted by molar-refractivity contribution is 5.79. The van der Waals surface area contributed by atoms with Gasteiger partial charge in [0, 0.05) is 13.5 Å². The van der Waals surface area contributed by atoms with Crippen LogP contribution in [0, 0.1) is 5.92 Å². The molecule has 19 heavy (non-hydrogen) atoms. The number of methoxy groups -OCH3 is 1. The molecule has 0 saturated carbocycles. The molecule has 0 fully saturated rings. The first-order chi connectivity index (χ1) is 8.88. The minimum absolute atomic E-state index is 0.0228. The van der Waals surface area contributed by atoms with Crippen molar-refractivity contribution in [1.29, 1.82) is 0 Å². The molecule has 0 aliphatic heterocycles. The largest absolute Gasteiger partial charge is 0.481 e. The summed E-state index contributed by atoms with van der Waals surface area (Å²) in [7, 11) is 1.40. The van der Waals surface area contributed by atoms with Gasteiger partial charge in [0.25, 0.3) is 0 Å². The standard InChI is InChI=1S/C13H22O6/c1-9(14)11(6-4-5-7-12(15)16)8-19-13(17)10(2)18-3/h10-11H,4-8H2,1-3H3,(H,15,16). The molecule has 0 spiro atoms. The number of hydrogen-bond donors (Lipinski definition) is 1. The van der Waals surface area contributed by atoms with E-state index in [4.69, 9.17) is 14.6 Å². The zero-order chi connectivity index (χ0) is 14.8. The smallest absolute Gasteiger partial charge is 0.334 e. The number of ketones is 1. The Morgan fingerprint density at radius 3 is 2.32 bits per heavy atom. The van der Waals surface area contributed by atoms with Crippen LogP contribution in [0.3, 0.4) is 0 Å². The first-order valence-electron chi connectivity index (χ1n) is 6.30. The third kappa shape index (κ3) is 8.31. The monoisotopic (exact) mass is 274 g/mol. The third-order valence-electron chi connectivity index (χ3n) is 2.88. The van der Waals surface area contributed by atoms with Crippen LogP contribution in [0.4, 0.5) is 0 Å². The molecule has 0 saturated heterocycles. The summed E-state index contributed by atoms with van der Waals surface area (Å²) in [6.07, 6.45) is 1.09. The predicted octanol–water partition coefficient (Wildman–Crippen LogP) is 1.41. The first-order valence-corrected chi connectivity index (χ1v) is 6.30. The fraction of sp³-hybridized carbons (Fsp3) is 0.769. The van der Waals surface area contributed by atoms with Crippen LogP contribution in [0.1, 0.15) is 39.5 Å². The molecule has 0 aromatic carbocycles. The molecule has 0 radical (unpaired) electrons. The zero-order valence-corrected chi connectivity index (χ0v) is 11.7. The second kappa shape index (κ2) is 9.49. The summed E-state index contributed by atoms with van der Waals surface area (Å²) in [4.78, 5) is 33.1. The van der Waals surface area contributed by atoms with E-state index in [1.807, 2.05) is 0 Å². The summed E-state index contributed by atoms with van der Waals surface area (Å²) in [6.45, 7) is 3.03. The van der Waals surface area contributed by atoms with Crippen LogP contribution in [0.2, 0.25) is 0 Å². The van der Waals surface area contributed by atoms with Gasteiger partial charge in [0.15, 0.2) is 6.10 Å². The van der Waals surface area contributed by atoms with Gasteiger partial charge < -0.3 is 14.6 Å². The Morgan fingerprint density at radius 1 is 1.21 bits per heavy atom. The molecule has 0 bridgehead atoms. The number of hydrogen-bond acceptors (Lipinski definition) is 5. The SMILES string of the molecule is COC(C)C(=O)OCC(CCCCC(=O)O)C(C)=O. The maximum Gasteiger partial charge on any atom is 0.334 e. The van der Waals surface area contributed by atoms with Gasteiger partial charge in [-0.2, -0.15) is 0 Å². The Morgan fingerprint density at radius 2 is 1.84 bits per heavy atom. The van der Waals surface area contributed by atoms with E-state index in [2.05, 4.69) is 0 Å². The highest BCUT2D eigenvalue weighted by Crippen LogP contribution is 2.12. The quantitative estimate of drug-likeness (QED) is 0.478. The van der Waals surface area contributed by atoms with Gasteiger partial charge in [0.05, 0.1) is 5.92 Å². The Hall–Kier alpha value is -1.43. The molecule has 0 aliphatic rings. The Labute approximate surface area is 113 Å². The van der Waals surface area contributed by atoms with Gasteiger partial charge in [-0.15, -0.1) is 0 Å². The van der Waals surface area contributed by atoms with Gasteiger partial charge in [-0.25, -0.2) is 4.79 Å². The third-order valence-corrected chi connectivity index (χ3v) is 2.88. The number of carbonyl (C=O) groups excluding carboxylic acids is 2. The molecular formula is C13H22O6. The summed E-state index contributed by atoms with van der Waals surface area (Å²) >= 11 is 0. The second-order valence-corrected chi connectivity index (χ2v) is 4.46. The molecule has 0 amide bonds. The number of carboxylic acids is 1. The number of aliphatic carboxylic acids is 1. The topological polar surface area (TPSA) is 89.9 Å². The lowest BCUT2D eigenvalue weighted by molar-refractivity contribution is -0.156. The van der Waals surface area contributed by atoms with E-state index < -0.39 is 18.0 Å². The van der Waals surface area contributed by atoms with Crippen molar-refractivity contribution >= 4 is 17.7 Å². The lowest BCUT2D eigenvalue weighted by atomic mass is 9.98. The van der Waals surface area contributed by atoms with Crippen LogP contribution < -0.4 is 0 Å². The predicted molar refractivity (Wildman–Crippen MR) is 67.7 cm³/mol. The molecule has 2 atom stereocenters. The lowest BCUT2D eigenvalue weighted by Crippen LogP contribution is -2.26. The summed E-state index contributed by atoms with van der Waals surface area (Å²) in [5, 5.41) is 8.50. The molecular weight excluding hydrogens is 252 g/mol. The number of carboxylic acid groups (broad SMARTS) is 1. The molecule has 2 unspecified atom stereocenters. The van der Waals surface area contributed by atoms with E-state index in [1.165, 1.54) is 14.0 Å². The van der Waals surface area contributed by atoms with Crippen molar-refractivity contribution in [2.24, 2.45) is 5.92 Å². The molecule has 0 aromatic rings. The van der Waals surface area contributed by atoms with Crippen LogP contribution in [0.25, 0.3) is 0 Å². The number of rotatable bonds is 10. The summed E-state index contributed by atoms with van der Waals surface area (Å²) in [6, 6.07) is 0. The fourth-order valence-corrected chi connectivity index (χ4v) is 1.47. The maximum atomic E-state index is 11.4. The van der Waals surface area contributed by atoms with Gasteiger partial charge in [-0.05, 0) is 26.7 Å². The van der Waals surface area contributed by atoms with E-state index in [9.17, 15) is 14.4 Å². The fourth-order valence-electron chi connectivity index (χ4n) is 1.47. The number of Topliss-reactive ketones (excluding diaryl/α,β-unsaturated/α-hetero) is 1. The van der Waals surface area contributed by atoms with Gasteiger partial charge in [-0.3, -0.25) is 9.59 Å². The van der Waals surface area contributed by atoms with Crippen molar-refractivity contribution in [3.63, 3.8) is 0 Å². The molecule has 0 aromatic heterocycles. The lowest BCUT2D eigenvalue weighted by Gasteiger charge is -2.15. The Bertz CT molecular complexity index is 312. The van der Waals surface area contributed by atoms with Crippen molar-refractivity contribution in [2.75, 3.05) is 13.7 Å². The van der Waals surface area contributed by atoms with Gasteiger partial charge in [0.1, 0.15) is 12.4 Å². The highest BCUT2D eigenvalue weighted by atomic mass is 16.6.